The molecule has 0 fully saturated rings. The predicted molar refractivity (Wildman–Crippen MR) is 149 cm³/mol. The zero-order valence-corrected chi connectivity index (χ0v) is 23.6. The second-order valence-corrected chi connectivity index (χ2v) is 12.1. The van der Waals surface area contributed by atoms with Crippen LogP contribution in [0.2, 0.25) is 0 Å². The van der Waals surface area contributed by atoms with E-state index < -0.39 is 51.1 Å². The maximum atomic E-state index is 14.2. The van der Waals surface area contributed by atoms with Crippen molar-refractivity contribution in [3.63, 3.8) is 0 Å². The molecule has 0 N–H and O–H groups in total. The molecule has 2 atom stereocenters. The average molecular weight is 600 g/mol. The van der Waals surface area contributed by atoms with Crippen LogP contribution in [0.3, 0.4) is 0 Å². The summed E-state index contributed by atoms with van der Waals surface area (Å²) in [5.74, 6) is -1.95. The lowest BCUT2D eigenvalue weighted by atomic mass is 9.78. The molecule has 3 aromatic rings. The molecule has 0 spiro atoms. The van der Waals surface area contributed by atoms with Crippen LogP contribution < -0.4 is 4.31 Å². The maximum Gasteiger partial charge on any atom is 0.416 e. The standard InChI is InChI=1S/C31H28F3NO6S/c1-40-28(36)30(29(37)41-2)18-17-24-25(16-11-20-7-4-3-5-8-20)35(26-10-6-9-21(19-30)27(24)26)42(38,39)23-14-12-22(13-15-23)31(32,33)34/h3-16,24-25H,17-19H2,1-2H3/b16-11+/t24-,25+/m0/s1. The van der Waals surface area contributed by atoms with E-state index in [9.17, 15) is 31.2 Å². The predicted octanol–water partition coefficient (Wildman–Crippen LogP) is 5.75. The van der Waals surface area contributed by atoms with Crippen molar-refractivity contribution in [3.8, 4) is 0 Å². The van der Waals surface area contributed by atoms with Crippen LogP contribution >= 0.6 is 0 Å². The molecule has 1 aliphatic heterocycles. The molecule has 2 aliphatic rings. The second-order valence-electron chi connectivity index (χ2n) is 10.3. The van der Waals surface area contributed by atoms with E-state index in [0.717, 1.165) is 29.8 Å². The minimum absolute atomic E-state index is 0.0367. The van der Waals surface area contributed by atoms with Gasteiger partial charge in [0.15, 0.2) is 5.41 Å². The van der Waals surface area contributed by atoms with Gasteiger partial charge < -0.3 is 9.47 Å². The molecule has 5 rings (SSSR count). The number of alkyl halides is 3. The number of carbonyl (C=O) groups excluding carboxylic acids is 2. The van der Waals surface area contributed by atoms with E-state index in [0.29, 0.717) is 16.8 Å². The second kappa shape index (κ2) is 10.9. The Morgan fingerprint density at radius 3 is 2.17 bits per heavy atom. The minimum atomic E-state index is -4.62. The quantitative estimate of drug-likeness (QED) is 0.265. The monoisotopic (exact) mass is 599 g/mol. The Bertz CT molecular complexity index is 1620. The van der Waals surface area contributed by atoms with E-state index in [2.05, 4.69) is 0 Å². The Morgan fingerprint density at radius 2 is 1.57 bits per heavy atom. The molecule has 0 saturated carbocycles. The normalized spacial score (nSPS) is 19.7. The van der Waals surface area contributed by atoms with Crippen molar-refractivity contribution < 1.29 is 40.7 Å². The molecule has 3 aromatic carbocycles. The Morgan fingerprint density at radius 1 is 0.929 bits per heavy atom. The number of sulfonamides is 1. The summed E-state index contributed by atoms with van der Waals surface area (Å²) in [6.07, 6.45) is -0.882. The summed E-state index contributed by atoms with van der Waals surface area (Å²) in [5.41, 5.74) is -0.175. The Labute approximate surface area is 241 Å². The van der Waals surface area contributed by atoms with Crippen molar-refractivity contribution in [1.29, 1.82) is 0 Å². The first-order valence-corrected chi connectivity index (χ1v) is 14.6. The fourth-order valence-electron chi connectivity index (χ4n) is 6.03. The summed E-state index contributed by atoms with van der Waals surface area (Å²) in [4.78, 5) is 25.8. The van der Waals surface area contributed by atoms with Crippen molar-refractivity contribution in [2.75, 3.05) is 18.5 Å². The van der Waals surface area contributed by atoms with Gasteiger partial charge in [0.05, 0.1) is 36.4 Å². The molecule has 0 aromatic heterocycles. The molecule has 0 unspecified atom stereocenters. The van der Waals surface area contributed by atoms with Gasteiger partial charge in [-0.05, 0) is 66.3 Å². The van der Waals surface area contributed by atoms with Gasteiger partial charge in [-0.3, -0.25) is 13.9 Å². The molecule has 1 heterocycles. The van der Waals surface area contributed by atoms with E-state index in [1.807, 2.05) is 30.3 Å². The number of rotatable bonds is 6. The maximum absolute atomic E-state index is 14.2. The van der Waals surface area contributed by atoms with Gasteiger partial charge in [0, 0.05) is 5.92 Å². The van der Waals surface area contributed by atoms with Crippen LogP contribution in [0.4, 0.5) is 18.9 Å². The minimum Gasteiger partial charge on any atom is -0.468 e. The number of halogens is 3. The van der Waals surface area contributed by atoms with Crippen LogP contribution in [-0.4, -0.2) is 40.6 Å². The first-order chi connectivity index (χ1) is 19.9. The van der Waals surface area contributed by atoms with E-state index in [1.54, 1.807) is 30.4 Å². The molecule has 0 saturated heterocycles. The van der Waals surface area contributed by atoms with Crippen molar-refractivity contribution in [2.45, 2.75) is 42.3 Å². The summed E-state index contributed by atoms with van der Waals surface area (Å²) >= 11 is 0. The molecule has 42 heavy (non-hydrogen) atoms. The number of methoxy groups -OCH3 is 2. The highest BCUT2D eigenvalue weighted by atomic mass is 32.2. The van der Waals surface area contributed by atoms with Gasteiger partial charge in [-0.15, -0.1) is 0 Å². The number of ether oxygens (including phenoxy) is 2. The van der Waals surface area contributed by atoms with Crippen LogP contribution in [-0.2, 0) is 41.7 Å². The van der Waals surface area contributed by atoms with Crippen LogP contribution in [0.5, 0.6) is 0 Å². The van der Waals surface area contributed by atoms with Gasteiger partial charge >= 0.3 is 18.1 Å². The SMILES string of the molecule is COC(=O)C1(C(=O)OC)CC[C@@H]2c3c(cccc3N(S(=O)(=O)c3ccc(C(F)(F)F)cc3)[C@@H]2/C=C/c2ccccc2)C1. The Kier molecular flexibility index (Phi) is 7.65. The van der Waals surface area contributed by atoms with Crippen LogP contribution in [0.25, 0.3) is 6.08 Å². The third-order valence-electron chi connectivity index (χ3n) is 8.02. The molecule has 7 nitrogen and oxygen atoms in total. The lowest BCUT2D eigenvalue weighted by Crippen LogP contribution is -2.43. The summed E-state index contributed by atoms with van der Waals surface area (Å²) in [6.45, 7) is 0. The molecular formula is C31H28F3NO6S. The Hall–Kier alpha value is -4.12. The summed E-state index contributed by atoms with van der Waals surface area (Å²) < 4.78 is 79.3. The first-order valence-electron chi connectivity index (χ1n) is 13.2. The largest absolute Gasteiger partial charge is 0.468 e. The van der Waals surface area contributed by atoms with Gasteiger partial charge in [-0.2, -0.15) is 13.2 Å². The van der Waals surface area contributed by atoms with Crippen molar-refractivity contribution >= 4 is 33.7 Å². The van der Waals surface area contributed by atoms with Gasteiger partial charge in [-0.25, -0.2) is 8.42 Å². The molecule has 1 aliphatic carbocycles. The van der Waals surface area contributed by atoms with E-state index >= 15 is 0 Å². The topological polar surface area (TPSA) is 90.0 Å². The zero-order valence-electron chi connectivity index (χ0n) is 22.8. The number of benzene rings is 3. The molecule has 11 heteroatoms. The smallest absolute Gasteiger partial charge is 0.416 e. The van der Waals surface area contributed by atoms with Gasteiger partial charge in [0.25, 0.3) is 10.0 Å². The molecule has 0 bridgehead atoms. The summed E-state index contributed by atoms with van der Waals surface area (Å²) in [6, 6.07) is 16.8. The fraction of sp³-hybridized carbons (Fsp3) is 0.290. The van der Waals surface area contributed by atoms with Crippen molar-refractivity contribution in [1.82, 2.24) is 0 Å². The number of nitrogens with zero attached hydrogens (tertiary/aromatic N) is 1. The first kappa shape index (κ1) is 29.4. The number of hydrogen-bond acceptors (Lipinski definition) is 6. The molecular weight excluding hydrogens is 571 g/mol. The zero-order chi connectivity index (χ0) is 30.3. The fourth-order valence-corrected chi connectivity index (χ4v) is 7.69. The Balaban J connectivity index is 1.67. The summed E-state index contributed by atoms with van der Waals surface area (Å²) in [7, 11) is -1.96. The summed E-state index contributed by atoms with van der Waals surface area (Å²) in [5, 5.41) is 0. The lowest BCUT2D eigenvalue weighted by molar-refractivity contribution is -0.169. The van der Waals surface area contributed by atoms with E-state index in [-0.39, 0.29) is 24.2 Å². The third kappa shape index (κ3) is 4.95. The van der Waals surface area contributed by atoms with Crippen LogP contribution in [0, 0.1) is 5.41 Å². The van der Waals surface area contributed by atoms with Crippen molar-refractivity contribution in [2.24, 2.45) is 5.41 Å². The average Bonchev–Trinajstić information content (AvgIpc) is 3.20. The molecule has 220 valence electrons. The number of hydrogen-bond donors (Lipinski definition) is 0. The highest BCUT2D eigenvalue weighted by molar-refractivity contribution is 7.93. The highest BCUT2D eigenvalue weighted by Crippen LogP contribution is 2.53. The van der Waals surface area contributed by atoms with Gasteiger partial charge in [-0.1, -0.05) is 54.6 Å². The van der Waals surface area contributed by atoms with E-state index in [4.69, 9.17) is 9.47 Å². The van der Waals surface area contributed by atoms with Gasteiger partial charge in [0.2, 0.25) is 0 Å². The van der Waals surface area contributed by atoms with Crippen LogP contribution in [0.1, 0.15) is 41.0 Å². The van der Waals surface area contributed by atoms with E-state index in [1.165, 1.54) is 18.5 Å². The number of anilines is 1. The lowest BCUT2D eigenvalue weighted by Gasteiger charge is -2.30. The highest BCUT2D eigenvalue weighted by Gasteiger charge is 2.54. The number of carbonyl (C=O) groups is 2. The van der Waals surface area contributed by atoms with Gasteiger partial charge in [0.1, 0.15) is 0 Å². The third-order valence-corrected chi connectivity index (χ3v) is 9.84. The van der Waals surface area contributed by atoms with Crippen LogP contribution in [0.15, 0.2) is 83.8 Å². The van der Waals surface area contributed by atoms with Crippen molar-refractivity contribution in [3.05, 3.63) is 101 Å². The number of esters is 2. The molecule has 0 amide bonds. The molecule has 0 radical (unpaired) electrons.